The Morgan fingerprint density at radius 3 is 2.94 bits per heavy atom. The fraction of sp³-hybridized carbons (Fsp3) is 0.750. The van der Waals surface area contributed by atoms with Crippen LogP contribution in [0.1, 0.15) is 33.6 Å². The van der Waals surface area contributed by atoms with Crippen LogP contribution in [0.3, 0.4) is 0 Å². The minimum absolute atomic E-state index is 0.126. The summed E-state index contributed by atoms with van der Waals surface area (Å²) in [6.07, 6.45) is 3.19. The van der Waals surface area contributed by atoms with Crippen LogP contribution in [0.5, 0.6) is 0 Å². The van der Waals surface area contributed by atoms with E-state index in [1.807, 2.05) is 26.8 Å². The van der Waals surface area contributed by atoms with Gasteiger partial charge >= 0.3 is 5.97 Å². The summed E-state index contributed by atoms with van der Waals surface area (Å²) in [5.74, 6) is -0.607. The zero-order valence-corrected chi connectivity index (χ0v) is 9.99. The van der Waals surface area contributed by atoms with Crippen LogP contribution in [0.15, 0.2) is 11.6 Å². The van der Waals surface area contributed by atoms with E-state index in [1.165, 1.54) is 5.57 Å². The molecule has 1 saturated carbocycles. The third-order valence-corrected chi connectivity index (χ3v) is 3.42. The van der Waals surface area contributed by atoms with Crippen molar-refractivity contribution in [2.45, 2.75) is 51.5 Å². The predicted octanol–water partition coefficient (Wildman–Crippen LogP) is 1.52. The van der Waals surface area contributed by atoms with Crippen molar-refractivity contribution in [3.05, 3.63) is 11.6 Å². The standard InChI is InChI=1S/C12H19NO3/c1-4-8-7(6-10(14)15)5-9-11(8)13-12(2,3)16-9/h4,7,9,11,13H,5-6H2,1-3H3,(H,14,15)/b8-4+/t7-,9+,11-/m0/s1. The maximum absolute atomic E-state index is 10.8. The SMILES string of the molecule is C/C=C1\[C@H](CC(=O)O)C[C@H]2OC(C)(C)N[C@@H]12. The van der Waals surface area contributed by atoms with Crippen molar-refractivity contribution in [3.63, 3.8) is 0 Å². The number of hydrogen-bond donors (Lipinski definition) is 2. The largest absolute Gasteiger partial charge is 0.481 e. The Bertz CT molecular complexity index is 335. The number of hydrogen-bond acceptors (Lipinski definition) is 3. The molecule has 2 fully saturated rings. The lowest BCUT2D eigenvalue weighted by molar-refractivity contribution is -0.137. The molecule has 0 unspecified atom stereocenters. The second-order valence-electron chi connectivity index (χ2n) is 5.11. The zero-order valence-electron chi connectivity index (χ0n) is 9.99. The Morgan fingerprint density at radius 1 is 1.69 bits per heavy atom. The molecule has 1 heterocycles. The molecular weight excluding hydrogens is 206 g/mol. The van der Waals surface area contributed by atoms with Crippen molar-refractivity contribution < 1.29 is 14.6 Å². The Hall–Kier alpha value is -0.870. The maximum atomic E-state index is 10.8. The van der Waals surface area contributed by atoms with Crippen molar-refractivity contribution in [2.75, 3.05) is 0 Å². The molecule has 2 N–H and O–H groups in total. The van der Waals surface area contributed by atoms with Crippen LogP contribution in [-0.2, 0) is 9.53 Å². The molecular formula is C12H19NO3. The number of carboxylic acid groups (broad SMARTS) is 1. The monoisotopic (exact) mass is 225 g/mol. The van der Waals surface area contributed by atoms with E-state index in [1.54, 1.807) is 0 Å². The predicted molar refractivity (Wildman–Crippen MR) is 60.0 cm³/mol. The van der Waals surface area contributed by atoms with Gasteiger partial charge in [0, 0.05) is 0 Å². The summed E-state index contributed by atoms with van der Waals surface area (Å²) in [5.41, 5.74) is 0.899. The van der Waals surface area contributed by atoms with Gasteiger partial charge in [0.05, 0.1) is 18.6 Å². The third-order valence-electron chi connectivity index (χ3n) is 3.42. The molecule has 0 spiro atoms. The van der Waals surface area contributed by atoms with Crippen molar-refractivity contribution >= 4 is 5.97 Å². The lowest BCUT2D eigenvalue weighted by Gasteiger charge is -2.22. The molecule has 16 heavy (non-hydrogen) atoms. The van der Waals surface area contributed by atoms with Gasteiger partial charge in [0.15, 0.2) is 0 Å². The highest BCUT2D eigenvalue weighted by molar-refractivity contribution is 5.68. The van der Waals surface area contributed by atoms with E-state index in [0.717, 1.165) is 6.42 Å². The lowest BCUT2D eigenvalue weighted by Crippen LogP contribution is -2.39. The highest BCUT2D eigenvalue weighted by Gasteiger charge is 2.48. The molecule has 2 rings (SSSR count). The molecule has 0 amide bonds. The average Bonchev–Trinajstić information content (AvgIpc) is 2.54. The number of rotatable bonds is 2. The van der Waals surface area contributed by atoms with Crippen molar-refractivity contribution in [3.8, 4) is 0 Å². The van der Waals surface area contributed by atoms with E-state index >= 15 is 0 Å². The lowest BCUT2D eigenvalue weighted by atomic mass is 9.97. The van der Waals surface area contributed by atoms with Gasteiger partial charge in [0.25, 0.3) is 0 Å². The van der Waals surface area contributed by atoms with Crippen LogP contribution < -0.4 is 5.32 Å². The summed E-state index contributed by atoms with van der Waals surface area (Å²) in [6.45, 7) is 5.98. The summed E-state index contributed by atoms with van der Waals surface area (Å²) in [7, 11) is 0. The highest BCUT2D eigenvalue weighted by atomic mass is 16.5. The molecule has 0 aromatic rings. The van der Waals surface area contributed by atoms with Crippen molar-refractivity contribution in [1.82, 2.24) is 5.32 Å². The summed E-state index contributed by atoms with van der Waals surface area (Å²) in [5, 5.41) is 12.3. The summed E-state index contributed by atoms with van der Waals surface area (Å²) in [6, 6.07) is 0.198. The highest BCUT2D eigenvalue weighted by Crippen LogP contribution is 2.41. The fourth-order valence-corrected chi connectivity index (χ4v) is 2.93. The van der Waals surface area contributed by atoms with E-state index in [9.17, 15) is 4.79 Å². The molecule has 1 saturated heterocycles. The number of ether oxygens (including phenoxy) is 1. The van der Waals surface area contributed by atoms with Crippen LogP contribution in [0.4, 0.5) is 0 Å². The third kappa shape index (κ3) is 1.99. The average molecular weight is 225 g/mol. The van der Waals surface area contributed by atoms with Crippen LogP contribution >= 0.6 is 0 Å². The van der Waals surface area contributed by atoms with Gasteiger partial charge in [0.1, 0.15) is 5.72 Å². The summed E-state index contributed by atoms with van der Waals surface area (Å²) >= 11 is 0. The molecule has 0 radical (unpaired) electrons. The van der Waals surface area contributed by atoms with Crippen LogP contribution in [0, 0.1) is 5.92 Å². The van der Waals surface area contributed by atoms with Gasteiger partial charge in [-0.2, -0.15) is 0 Å². The molecule has 1 aliphatic carbocycles. The molecule has 1 aliphatic heterocycles. The first-order valence-corrected chi connectivity index (χ1v) is 5.76. The van der Waals surface area contributed by atoms with E-state index in [4.69, 9.17) is 9.84 Å². The Labute approximate surface area is 95.7 Å². The quantitative estimate of drug-likeness (QED) is 0.700. The molecule has 90 valence electrons. The molecule has 2 aliphatic rings. The maximum Gasteiger partial charge on any atom is 0.303 e. The summed E-state index contributed by atoms with van der Waals surface area (Å²) < 4.78 is 5.87. The van der Waals surface area contributed by atoms with Gasteiger partial charge in [-0.1, -0.05) is 11.6 Å². The first-order valence-electron chi connectivity index (χ1n) is 5.76. The number of allylic oxidation sites excluding steroid dienone is 1. The number of carbonyl (C=O) groups is 1. The molecule has 0 aromatic carbocycles. The molecule has 0 bridgehead atoms. The first-order chi connectivity index (χ1) is 7.43. The number of carboxylic acids is 1. The number of fused-ring (bicyclic) bond motifs is 1. The van der Waals surface area contributed by atoms with E-state index in [2.05, 4.69) is 5.32 Å². The molecule has 3 atom stereocenters. The Morgan fingerprint density at radius 2 is 2.38 bits per heavy atom. The van der Waals surface area contributed by atoms with Gasteiger partial charge in [-0.15, -0.1) is 0 Å². The van der Waals surface area contributed by atoms with Gasteiger partial charge in [0.2, 0.25) is 0 Å². The van der Waals surface area contributed by atoms with Crippen molar-refractivity contribution in [2.24, 2.45) is 5.92 Å². The van der Waals surface area contributed by atoms with Gasteiger partial charge in [-0.05, 0) is 33.1 Å². The number of nitrogens with one attached hydrogen (secondary N) is 1. The molecule has 0 aromatic heterocycles. The normalized spacial score (nSPS) is 38.9. The smallest absolute Gasteiger partial charge is 0.303 e. The van der Waals surface area contributed by atoms with E-state index < -0.39 is 5.97 Å². The van der Waals surface area contributed by atoms with Crippen molar-refractivity contribution in [1.29, 1.82) is 0 Å². The molecule has 4 nitrogen and oxygen atoms in total. The minimum atomic E-state index is -0.733. The molecule has 4 heteroatoms. The van der Waals surface area contributed by atoms with E-state index in [-0.39, 0.29) is 30.2 Å². The number of aliphatic carboxylic acids is 1. The van der Waals surface area contributed by atoms with Gasteiger partial charge < -0.3 is 9.84 Å². The topological polar surface area (TPSA) is 58.6 Å². The Balaban J connectivity index is 2.13. The van der Waals surface area contributed by atoms with Crippen LogP contribution in [0.2, 0.25) is 0 Å². The van der Waals surface area contributed by atoms with Gasteiger partial charge in [-0.25, -0.2) is 0 Å². The fourth-order valence-electron chi connectivity index (χ4n) is 2.93. The first kappa shape index (κ1) is 11.6. The van der Waals surface area contributed by atoms with Gasteiger partial charge in [-0.3, -0.25) is 10.1 Å². The second kappa shape index (κ2) is 3.86. The van der Waals surface area contributed by atoms with Crippen LogP contribution in [0.25, 0.3) is 0 Å². The van der Waals surface area contributed by atoms with E-state index in [0.29, 0.717) is 0 Å². The zero-order chi connectivity index (χ0) is 11.9. The Kier molecular flexibility index (Phi) is 2.80. The summed E-state index contributed by atoms with van der Waals surface area (Å²) in [4.78, 5) is 10.8. The minimum Gasteiger partial charge on any atom is -0.481 e. The second-order valence-corrected chi connectivity index (χ2v) is 5.11. The van der Waals surface area contributed by atoms with Crippen LogP contribution in [-0.4, -0.2) is 28.9 Å².